The van der Waals surface area contributed by atoms with Gasteiger partial charge < -0.3 is 5.11 Å². The van der Waals surface area contributed by atoms with E-state index < -0.39 is 0 Å². The van der Waals surface area contributed by atoms with E-state index >= 15 is 0 Å². The molecule has 2 heteroatoms. The van der Waals surface area contributed by atoms with E-state index in [0.29, 0.717) is 5.75 Å². The van der Waals surface area contributed by atoms with Crippen LogP contribution in [0.25, 0.3) is 16.8 Å². The predicted molar refractivity (Wildman–Crippen MR) is 79.3 cm³/mol. The highest BCUT2D eigenvalue weighted by molar-refractivity contribution is 5.97. The first kappa shape index (κ1) is 13.3. The molecule has 2 nitrogen and oxygen atoms in total. The van der Waals surface area contributed by atoms with Crippen LogP contribution in [0.4, 0.5) is 0 Å². The van der Waals surface area contributed by atoms with Gasteiger partial charge in [-0.3, -0.25) is 4.79 Å². The molecule has 0 fully saturated rings. The Morgan fingerprint density at radius 1 is 1.21 bits per heavy atom. The Hall–Kier alpha value is -2.09. The molecule has 0 aliphatic rings. The van der Waals surface area contributed by atoms with E-state index in [1.165, 1.54) is 6.08 Å². The molecule has 0 atom stereocenters. The van der Waals surface area contributed by atoms with Crippen LogP contribution in [0.2, 0.25) is 0 Å². The minimum atomic E-state index is 0.310. The van der Waals surface area contributed by atoms with E-state index in [4.69, 9.17) is 0 Å². The zero-order valence-electron chi connectivity index (χ0n) is 11.1. The Labute approximate surface area is 113 Å². The van der Waals surface area contributed by atoms with Crippen molar-refractivity contribution in [1.82, 2.24) is 0 Å². The lowest BCUT2D eigenvalue weighted by Crippen LogP contribution is -1.92. The summed E-state index contributed by atoms with van der Waals surface area (Å²) in [5.74, 6) is 0.310. The fraction of sp³-hybridized carbons (Fsp3) is 0.235. The van der Waals surface area contributed by atoms with Gasteiger partial charge in [0.15, 0.2) is 0 Å². The second-order valence-electron chi connectivity index (χ2n) is 4.61. The third-order valence-electron chi connectivity index (χ3n) is 3.29. The maximum Gasteiger partial charge on any atom is 0.142 e. The van der Waals surface area contributed by atoms with Gasteiger partial charge in [-0.25, -0.2) is 0 Å². The largest absolute Gasteiger partial charge is 0.507 e. The van der Waals surface area contributed by atoms with Crippen molar-refractivity contribution in [2.75, 3.05) is 0 Å². The molecule has 2 rings (SSSR count). The number of aldehydes is 1. The molecule has 2 aromatic carbocycles. The second-order valence-corrected chi connectivity index (χ2v) is 4.61. The second kappa shape index (κ2) is 6.19. The van der Waals surface area contributed by atoms with Gasteiger partial charge in [-0.15, -0.1) is 0 Å². The number of carbonyl (C=O) groups excluding carboxylic acids is 1. The average Bonchev–Trinajstić information content (AvgIpc) is 2.44. The van der Waals surface area contributed by atoms with Crippen molar-refractivity contribution in [3.63, 3.8) is 0 Å². The van der Waals surface area contributed by atoms with Gasteiger partial charge in [0.05, 0.1) is 0 Å². The van der Waals surface area contributed by atoms with Crippen molar-refractivity contribution in [3.05, 3.63) is 47.5 Å². The molecule has 2 aromatic rings. The van der Waals surface area contributed by atoms with Crippen molar-refractivity contribution in [1.29, 1.82) is 0 Å². The third kappa shape index (κ3) is 2.84. The van der Waals surface area contributed by atoms with E-state index in [9.17, 15) is 9.90 Å². The Bertz CT molecular complexity index is 612. The number of aromatic hydroxyl groups is 1. The minimum Gasteiger partial charge on any atom is -0.507 e. The molecule has 0 aliphatic heterocycles. The van der Waals surface area contributed by atoms with Gasteiger partial charge in [0.2, 0.25) is 0 Å². The van der Waals surface area contributed by atoms with Crippen molar-refractivity contribution in [2.45, 2.75) is 26.2 Å². The molecule has 0 aliphatic carbocycles. The maximum atomic E-state index is 10.6. The lowest BCUT2D eigenvalue weighted by molar-refractivity contribution is -0.104. The summed E-state index contributed by atoms with van der Waals surface area (Å²) < 4.78 is 0. The molecule has 0 aromatic heterocycles. The summed E-state index contributed by atoms with van der Waals surface area (Å²) in [5, 5.41) is 11.9. The first-order valence-corrected chi connectivity index (χ1v) is 6.63. The normalized spacial score (nSPS) is 11.2. The first-order chi connectivity index (χ1) is 9.27. The number of fused-ring (bicyclic) bond motifs is 1. The minimum absolute atomic E-state index is 0.310. The Morgan fingerprint density at radius 2 is 1.95 bits per heavy atom. The van der Waals surface area contributed by atoms with Crippen molar-refractivity contribution in [3.8, 4) is 5.75 Å². The fourth-order valence-corrected chi connectivity index (χ4v) is 2.34. The summed E-state index contributed by atoms with van der Waals surface area (Å²) in [6.07, 6.45) is 7.21. The van der Waals surface area contributed by atoms with Crippen LogP contribution in [-0.4, -0.2) is 11.4 Å². The molecule has 1 N–H and O–H groups in total. The van der Waals surface area contributed by atoms with Gasteiger partial charge in [0, 0.05) is 5.39 Å². The van der Waals surface area contributed by atoms with Gasteiger partial charge >= 0.3 is 0 Å². The van der Waals surface area contributed by atoms with Gasteiger partial charge in [-0.2, -0.15) is 0 Å². The number of rotatable bonds is 5. The van der Waals surface area contributed by atoms with E-state index in [1.807, 2.05) is 36.4 Å². The predicted octanol–water partition coefficient (Wildman–Crippen LogP) is 4.10. The number of unbranched alkanes of at least 4 members (excludes halogenated alkanes) is 1. The zero-order valence-corrected chi connectivity index (χ0v) is 11.1. The third-order valence-corrected chi connectivity index (χ3v) is 3.29. The van der Waals surface area contributed by atoms with Crippen LogP contribution in [0.5, 0.6) is 5.75 Å². The van der Waals surface area contributed by atoms with Crippen LogP contribution in [0, 0.1) is 0 Å². The van der Waals surface area contributed by atoms with E-state index in [-0.39, 0.29) is 0 Å². The van der Waals surface area contributed by atoms with Crippen LogP contribution >= 0.6 is 0 Å². The van der Waals surface area contributed by atoms with E-state index in [1.54, 1.807) is 0 Å². The molecule has 0 amide bonds. The van der Waals surface area contributed by atoms with Crippen molar-refractivity contribution in [2.24, 2.45) is 0 Å². The summed E-state index contributed by atoms with van der Waals surface area (Å²) in [4.78, 5) is 10.6. The molecular weight excluding hydrogens is 236 g/mol. The Kier molecular flexibility index (Phi) is 4.35. The van der Waals surface area contributed by atoms with E-state index in [2.05, 4.69) is 6.92 Å². The van der Waals surface area contributed by atoms with Crippen molar-refractivity contribution >= 4 is 23.1 Å². The maximum absolute atomic E-state index is 10.6. The molecular formula is C17H18O2. The van der Waals surface area contributed by atoms with Gasteiger partial charge in [-0.1, -0.05) is 43.7 Å². The summed E-state index contributed by atoms with van der Waals surface area (Å²) in [6, 6.07) is 9.55. The standard InChI is InChI=1S/C17H18O2/c1-2-3-7-13-12-17(19)16-9-5-4-8-15(16)14(13)10-6-11-18/h4-6,8-12,19H,2-3,7H2,1H3/b10-6+. The van der Waals surface area contributed by atoms with Crippen molar-refractivity contribution < 1.29 is 9.90 Å². The monoisotopic (exact) mass is 254 g/mol. The molecule has 0 saturated carbocycles. The number of hydrogen-bond acceptors (Lipinski definition) is 2. The summed E-state index contributed by atoms with van der Waals surface area (Å²) >= 11 is 0. The molecule has 19 heavy (non-hydrogen) atoms. The molecule has 0 unspecified atom stereocenters. The highest BCUT2D eigenvalue weighted by Crippen LogP contribution is 2.32. The number of phenolic OH excluding ortho intramolecular Hbond substituents is 1. The number of carbonyl (C=O) groups is 1. The van der Waals surface area contributed by atoms with Crippen LogP contribution in [0.1, 0.15) is 30.9 Å². The molecule has 0 saturated heterocycles. The fourth-order valence-electron chi connectivity index (χ4n) is 2.34. The molecule has 0 heterocycles. The van der Waals surface area contributed by atoms with Crippen LogP contribution in [0.15, 0.2) is 36.4 Å². The Morgan fingerprint density at radius 3 is 2.63 bits per heavy atom. The SMILES string of the molecule is CCCCc1cc(O)c2ccccc2c1/C=C/C=O. The lowest BCUT2D eigenvalue weighted by atomic mass is 9.94. The molecule has 0 radical (unpaired) electrons. The van der Waals surface area contributed by atoms with E-state index in [0.717, 1.165) is 47.4 Å². The number of benzene rings is 2. The summed E-state index contributed by atoms with van der Waals surface area (Å²) in [7, 11) is 0. The zero-order chi connectivity index (χ0) is 13.7. The summed E-state index contributed by atoms with van der Waals surface area (Å²) in [5.41, 5.74) is 2.13. The molecule has 98 valence electrons. The first-order valence-electron chi connectivity index (χ1n) is 6.63. The lowest BCUT2D eigenvalue weighted by Gasteiger charge is -2.11. The topological polar surface area (TPSA) is 37.3 Å². The number of hydrogen-bond donors (Lipinski definition) is 1. The van der Waals surface area contributed by atoms with Crippen LogP contribution < -0.4 is 0 Å². The number of allylic oxidation sites excluding steroid dienone is 1. The molecule has 0 spiro atoms. The van der Waals surface area contributed by atoms with Gasteiger partial charge in [0.25, 0.3) is 0 Å². The number of phenols is 1. The smallest absolute Gasteiger partial charge is 0.142 e. The average molecular weight is 254 g/mol. The van der Waals surface area contributed by atoms with Gasteiger partial charge in [0.1, 0.15) is 12.0 Å². The quantitative estimate of drug-likeness (QED) is 0.644. The van der Waals surface area contributed by atoms with Crippen LogP contribution in [-0.2, 0) is 11.2 Å². The highest BCUT2D eigenvalue weighted by atomic mass is 16.3. The number of aryl methyl sites for hydroxylation is 1. The van der Waals surface area contributed by atoms with Gasteiger partial charge in [-0.05, 0) is 41.5 Å². The summed E-state index contributed by atoms with van der Waals surface area (Å²) in [6.45, 7) is 2.14. The Balaban J connectivity index is 2.64. The molecule has 0 bridgehead atoms. The van der Waals surface area contributed by atoms with Crippen LogP contribution in [0.3, 0.4) is 0 Å². The highest BCUT2D eigenvalue weighted by Gasteiger charge is 2.09.